The van der Waals surface area contributed by atoms with Gasteiger partial charge >= 0.3 is 0 Å². The summed E-state index contributed by atoms with van der Waals surface area (Å²) < 4.78 is 15.1. The number of benzene rings is 1. The lowest BCUT2D eigenvalue weighted by Crippen LogP contribution is -3.14. The van der Waals surface area contributed by atoms with Gasteiger partial charge in [-0.05, 0) is 38.0 Å². The van der Waals surface area contributed by atoms with Crippen LogP contribution in [0.3, 0.4) is 0 Å². The molecule has 6 heteroatoms. The van der Waals surface area contributed by atoms with Crippen LogP contribution < -0.4 is 5.01 Å². The average molecular weight is 411 g/mol. The van der Waals surface area contributed by atoms with E-state index in [2.05, 4.69) is 4.99 Å². The second-order valence-corrected chi connectivity index (χ2v) is 8.69. The second kappa shape index (κ2) is 8.28. The first-order valence-corrected chi connectivity index (χ1v) is 10.3. The highest BCUT2D eigenvalue weighted by molar-refractivity contribution is 5.87. The molecule has 1 heterocycles. The van der Waals surface area contributed by atoms with E-state index < -0.39 is 11.0 Å². The van der Waals surface area contributed by atoms with Crippen LogP contribution in [0.5, 0.6) is 0 Å². The van der Waals surface area contributed by atoms with E-state index in [1.807, 2.05) is 56.3 Å². The van der Waals surface area contributed by atoms with Crippen molar-refractivity contribution in [2.24, 2.45) is 16.3 Å². The Morgan fingerprint density at radius 2 is 2.00 bits per heavy atom. The molecule has 1 aromatic rings. The molecule has 0 spiro atoms. The van der Waals surface area contributed by atoms with Crippen LogP contribution in [0.25, 0.3) is 5.84 Å². The van der Waals surface area contributed by atoms with Gasteiger partial charge in [-0.15, -0.1) is 0 Å². The molecule has 1 aliphatic heterocycles. The summed E-state index contributed by atoms with van der Waals surface area (Å²) in [5.41, 5.74) is -0.685. The first-order valence-electron chi connectivity index (χ1n) is 10.3. The molecule has 2 N–H and O–H groups in total. The maximum absolute atomic E-state index is 15.1. The minimum Gasteiger partial charge on any atom is -0.469 e. The zero-order chi connectivity index (χ0) is 22.1. The Morgan fingerprint density at radius 1 is 1.33 bits per heavy atom. The zero-order valence-corrected chi connectivity index (χ0v) is 18.3. The van der Waals surface area contributed by atoms with Gasteiger partial charge in [0.2, 0.25) is 5.54 Å². The lowest BCUT2D eigenvalue weighted by molar-refractivity contribution is -0.891. The normalized spacial score (nSPS) is 28.9. The number of halogens is 1. The van der Waals surface area contributed by atoms with Crippen LogP contribution in [-0.2, 0) is 10.3 Å². The Hall–Kier alpha value is -2.57. The quantitative estimate of drug-likeness (QED) is 0.744. The molecule has 1 aromatic carbocycles. The molecule has 0 saturated carbocycles. The summed E-state index contributed by atoms with van der Waals surface area (Å²) in [5.74, 6) is 8.17. The van der Waals surface area contributed by atoms with Crippen molar-refractivity contribution in [3.63, 3.8) is 0 Å². The highest BCUT2D eigenvalue weighted by Gasteiger charge is 2.60. The van der Waals surface area contributed by atoms with Gasteiger partial charge in [-0.2, -0.15) is 0 Å². The predicted molar refractivity (Wildman–Crippen MR) is 119 cm³/mol. The number of quaternary nitrogens is 1. The van der Waals surface area contributed by atoms with E-state index >= 15 is 4.39 Å². The van der Waals surface area contributed by atoms with E-state index in [1.165, 1.54) is 11.0 Å². The van der Waals surface area contributed by atoms with Crippen molar-refractivity contribution in [2.75, 3.05) is 21.1 Å². The zero-order valence-electron chi connectivity index (χ0n) is 18.3. The molecule has 0 saturated heterocycles. The van der Waals surface area contributed by atoms with Gasteiger partial charge in [-0.1, -0.05) is 42.5 Å². The average Bonchev–Trinajstić information content (AvgIpc) is 2.71. The number of carbonyl (C=O) groups is 1. The lowest BCUT2D eigenvalue weighted by atomic mass is 9.60. The largest absolute Gasteiger partial charge is 0.469 e. The topological polar surface area (TPSA) is 60.9 Å². The summed E-state index contributed by atoms with van der Waals surface area (Å²) in [7, 11) is 5.09. The number of aliphatic imine (C=N–C) groups is 1. The van der Waals surface area contributed by atoms with Crippen molar-refractivity contribution in [1.82, 2.24) is 4.90 Å². The minimum absolute atomic E-state index is 0.0803. The van der Waals surface area contributed by atoms with Crippen LogP contribution in [0.2, 0.25) is 0 Å². The van der Waals surface area contributed by atoms with Gasteiger partial charge in [-0.3, -0.25) is 9.79 Å². The molecule has 160 valence electrons. The van der Waals surface area contributed by atoms with Gasteiger partial charge in [0.15, 0.2) is 0 Å². The first-order chi connectivity index (χ1) is 14.1. The van der Waals surface area contributed by atoms with Crippen LogP contribution in [0.1, 0.15) is 25.8 Å². The Morgan fingerprint density at radius 3 is 2.57 bits per heavy atom. The van der Waals surface area contributed by atoms with Crippen LogP contribution >= 0.6 is 0 Å². The third kappa shape index (κ3) is 3.44. The Kier molecular flexibility index (Phi) is 6.11. The van der Waals surface area contributed by atoms with Crippen LogP contribution in [0, 0.1) is 11.3 Å². The highest BCUT2D eigenvalue weighted by atomic mass is 19.1. The number of carbonyl (C=O) groups excluding carboxylic acids is 1. The van der Waals surface area contributed by atoms with Gasteiger partial charge in [0.05, 0.1) is 18.5 Å². The highest BCUT2D eigenvalue weighted by Crippen LogP contribution is 2.49. The molecular formula is C24H31FN4O. The van der Waals surface area contributed by atoms with Crippen molar-refractivity contribution >= 4 is 12.1 Å². The molecule has 3 rings (SSSR count). The minimum atomic E-state index is -1.24. The van der Waals surface area contributed by atoms with Crippen molar-refractivity contribution in [3.05, 3.63) is 77.4 Å². The molecule has 1 amide bonds. The number of nitrogens with zero attached hydrogens (tertiary/aromatic N) is 2. The Bertz CT molecular complexity index is 918. The summed E-state index contributed by atoms with van der Waals surface area (Å²) in [6.07, 6.45) is 9.14. The van der Waals surface area contributed by atoms with Crippen molar-refractivity contribution in [1.29, 1.82) is 0 Å². The van der Waals surface area contributed by atoms with E-state index in [-0.39, 0.29) is 28.7 Å². The number of amides is 1. The van der Waals surface area contributed by atoms with Crippen molar-refractivity contribution in [2.45, 2.75) is 31.8 Å². The van der Waals surface area contributed by atoms with Gasteiger partial charge in [-0.25, -0.2) is 4.39 Å². The maximum atomic E-state index is 15.1. The summed E-state index contributed by atoms with van der Waals surface area (Å²) in [6, 6.07) is 9.35. The molecule has 0 aromatic heterocycles. The van der Waals surface area contributed by atoms with E-state index in [1.54, 1.807) is 33.4 Å². The summed E-state index contributed by atoms with van der Waals surface area (Å²) >= 11 is 0. The Balaban J connectivity index is 2.19. The van der Waals surface area contributed by atoms with E-state index in [0.29, 0.717) is 12.0 Å². The number of dihydropyridines is 1. The van der Waals surface area contributed by atoms with E-state index in [9.17, 15) is 4.79 Å². The summed E-state index contributed by atoms with van der Waals surface area (Å²) in [4.78, 5) is 19.7. The van der Waals surface area contributed by atoms with Crippen molar-refractivity contribution in [3.8, 4) is 0 Å². The summed E-state index contributed by atoms with van der Waals surface area (Å²) in [6.45, 7) is 3.93. The number of allylic oxidation sites excluding steroid dienone is 3. The number of hydrogen-bond acceptors (Lipinski definition) is 2. The molecule has 1 aliphatic carbocycles. The summed E-state index contributed by atoms with van der Waals surface area (Å²) in [5, 5.41) is 0.242. The molecule has 5 nitrogen and oxygen atoms in total. The molecule has 5 atom stereocenters. The fourth-order valence-electron chi connectivity index (χ4n) is 4.98. The van der Waals surface area contributed by atoms with Crippen molar-refractivity contribution < 1.29 is 14.2 Å². The smallest absolute Gasteiger partial charge is 0.288 e. The molecule has 5 unspecified atom stereocenters. The first kappa shape index (κ1) is 22.1. The molecular weight excluding hydrogens is 379 g/mol. The van der Waals surface area contributed by atoms with Gasteiger partial charge < -0.3 is 15.8 Å². The molecule has 30 heavy (non-hydrogen) atoms. The number of rotatable bonds is 5. The fourth-order valence-corrected chi connectivity index (χ4v) is 4.98. The third-order valence-electron chi connectivity index (χ3n) is 6.46. The van der Waals surface area contributed by atoms with Crippen LogP contribution in [0.15, 0.2) is 71.0 Å². The molecule has 2 aliphatic rings. The molecule has 0 bridgehead atoms. The monoisotopic (exact) mass is 410 g/mol. The van der Waals surface area contributed by atoms with Crippen LogP contribution in [0.4, 0.5) is 4.39 Å². The Labute approximate surface area is 178 Å². The number of likely N-dealkylation sites (N-methyl/N-ethyl adjacent to an activating group) is 2. The number of hydrogen-bond donors (Lipinski definition) is 1. The lowest BCUT2D eigenvalue weighted by Gasteiger charge is -2.52. The van der Waals surface area contributed by atoms with Gasteiger partial charge in [0, 0.05) is 31.8 Å². The third-order valence-corrected chi connectivity index (χ3v) is 6.46. The predicted octanol–water partition coefficient (Wildman–Crippen LogP) is 3.29. The van der Waals surface area contributed by atoms with Gasteiger partial charge in [0.25, 0.3) is 5.91 Å². The SMILES string of the molecule is CC1N=CC=CC1C1=C(F)C=CC(C)(C(C(=O)N(C)C)(c2ccccc2)[NH+](C)[NH-])C1. The molecule has 0 radical (unpaired) electrons. The standard InChI is InChI=1S/C24H31FN4O/c1-17-19(12-9-15-27-17)20-16-23(2,14-13-21(20)25)24(29(5)26,22(30)28(3)4)18-10-7-6-8-11-18/h6-15,17,19,26,29H,16H2,1-5H3. The fraction of sp³-hybridized carbons (Fsp3) is 0.417. The van der Waals surface area contributed by atoms with Gasteiger partial charge in [0.1, 0.15) is 5.83 Å². The molecule has 0 fully saturated rings. The maximum Gasteiger partial charge on any atom is 0.288 e. The number of nitrogens with one attached hydrogen (secondary N) is 2. The van der Waals surface area contributed by atoms with E-state index in [4.69, 9.17) is 5.84 Å². The van der Waals surface area contributed by atoms with Crippen LogP contribution in [-0.4, -0.2) is 44.2 Å². The second-order valence-electron chi connectivity index (χ2n) is 8.69. The van der Waals surface area contributed by atoms with E-state index in [0.717, 1.165) is 5.56 Å².